The van der Waals surface area contributed by atoms with Crippen LogP contribution >= 0.6 is 11.3 Å². The number of para-hydroxylation sites is 2. The van der Waals surface area contributed by atoms with E-state index >= 15 is 0 Å². The number of benzene rings is 9. The Bertz CT molecular complexity index is 3490. The molecular weight excluding hydrogens is 709 g/mol. The average Bonchev–Trinajstić information content (AvgIpc) is 3.95. The lowest BCUT2D eigenvalue weighted by Gasteiger charge is -2.13. The highest BCUT2D eigenvalue weighted by Crippen LogP contribution is 2.45. The molecule has 0 unspecified atom stereocenters. The number of thiophene rings is 1. The molecule has 266 valence electrons. The molecule has 0 aliphatic carbocycles. The first-order valence-corrected chi connectivity index (χ1v) is 20.3. The van der Waals surface area contributed by atoms with Crippen molar-refractivity contribution in [2.75, 3.05) is 0 Å². The molecule has 0 N–H and O–H groups in total. The van der Waals surface area contributed by atoms with Gasteiger partial charge in [-0.25, -0.2) is 0 Å². The maximum atomic E-state index is 2.49. The molecule has 0 saturated heterocycles. The molecule has 0 aliphatic rings. The van der Waals surface area contributed by atoms with Crippen molar-refractivity contribution >= 4 is 75.1 Å². The summed E-state index contributed by atoms with van der Waals surface area (Å²) >= 11 is 1.89. The van der Waals surface area contributed by atoms with Crippen LogP contribution in [-0.4, -0.2) is 9.13 Å². The molecule has 0 saturated carbocycles. The van der Waals surface area contributed by atoms with Gasteiger partial charge in [-0.2, -0.15) is 0 Å². The number of rotatable bonds is 5. The Morgan fingerprint density at radius 3 is 1.47 bits per heavy atom. The van der Waals surface area contributed by atoms with Gasteiger partial charge in [0.1, 0.15) is 0 Å². The average molecular weight is 743 g/mol. The Hall–Kier alpha value is -7.20. The van der Waals surface area contributed by atoms with Crippen LogP contribution < -0.4 is 0 Å². The van der Waals surface area contributed by atoms with E-state index in [1.54, 1.807) is 0 Å². The molecule has 0 amide bonds. The molecule has 0 aliphatic heterocycles. The molecule has 3 heterocycles. The zero-order valence-electron chi connectivity index (χ0n) is 30.9. The standard InChI is InChI=1S/C54H34N2S/c1-3-13-35(14-4-1)36-23-27-40(28-24-36)55-47-20-10-7-17-42(47)45-33-38(25-30-49(45)55)39-26-31-50-46(34-39)43-18-8-11-21-48(43)56(50)51-32-29-41(37-15-5-2-6-16-37)53-44-19-9-12-22-52(44)57-54(51)53/h1-34H. The van der Waals surface area contributed by atoms with Gasteiger partial charge in [0.25, 0.3) is 0 Å². The molecule has 12 rings (SSSR count). The van der Waals surface area contributed by atoms with Gasteiger partial charge in [0.2, 0.25) is 0 Å². The van der Waals surface area contributed by atoms with Crippen LogP contribution in [0.3, 0.4) is 0 Å². The smallest absolute Gasteiger partial charge is 0.0641 e. The third-order valence-corrected chi connectivity index (χ3v) is 12.9. The van der Waals surface area contributed by atoms with Crippen molar-refractivity contribution in [2.24, 2.45) is 0 Å². The van der Waals surface area contributed by atoms with Crippen molar-refractivity contribution in [3.63, 3.8) is 0 Å². The highest BCUT2D eigenvalue weighted by molar-refractivity contribution is 7.26. The Morgan fingerprint density at radius 2 is 0.807 bits per heavy atom. The summed E-state index contributed by atoms with van der Waals surface area (Å²) in [5.74, 6) is 0. The second-order valence-corrected chi connectivity index (χ2v) is 15.9. The molecule has 2 nitrogen and oxygen atoms in total. The van der Waals surface area contributed by atoms with E-state index in [1.807, 2.05) is 11.3 Å². The quantitative estimate of drug-likeness (QED) is 0.166. The van der Waals surface area contributed by atoms with Crippen molar-refractivity contribution in [1.82, 2.24) is 9.13 Å². The van der Waals surface area contributed by atoms with Crippen molar-refractivity contribution in [3.8, 4) is 44.8 Å². The summed E-state index contributed by atoms with van der Waals surface area (Å²) in [4.78, 5) is 0. The van der Waals surface area contributed by atoms with Crippen LogP contribution in [0.1, 0.15) is 0 Å². The summed E-state index contributed by atoms with van der Waals surface area (Å²) in [6.45, 7) is 0. The van der Waals surface area contributed by atoms with Gasteiger partial charge in [-0.05, 0) is 94.0 Å². The second kappa shape index (κ2) is 12.7. The molecule has 57 heavy (non-hydrogen) atoms. The Balaban J connectivity index is 1.02. The van der Waals surface area contributed by atoms with Crippen molar-refractivity contribution in [2.45, 2.75) is 0 Å². The van der Waals surface area contributed by atoms with Crippen molar-refractivity contribution in [3.05, 3.63) is 206 Å². The zero-order chi connectivity index (χ0) is 37.5. The molecule has 9 aromatic carbocycles. The van der Waals surface area contributed by atoms with Crippen LogP contribution in [-0.2, 0) is 0 Å². The first kappa shape index (κ1) is 32.1. The van der Waals surface area contributed by atoms with E-state index < -0.39 is 0 Å². The van der Waals surface area contributed by atoms with Crippen LogP contribution in [0, 0.1) is 0 Å². The topological polar surface area (TPSA) is 9.86 Å². The second-order valence-electron chi connectivity index (χ2n) is 14.9. The van der Waals surface area contributed by atoms with Gasteiger partial charge in [0.05, 0.1) is 32.5 Å². The number of aromatic nitrogens is 2. The van der Waals surface area contributed by atoms with Gasteiger partial charge < -0.3 is 9.13 Å². The minimum atomic E-state index is 1.16. The van der Waals surface area contributed by atoms with Gasteiger partial charge in [0, 0.05) is 42.7 Å². The van der Waals surface area contributed by atoms with Crippen LogP contribution in [0.5, 0.6) is 0 Å². The van der Waals surface area contributed by atoms with E-state index in [4.69, 9.17) is 0 Å². The van der Waals surface area contributed by atoms with E-state index in [1.165, 1.54) is 103 Å². The lowest BCUT2D eigenvalue weighted by molar-refractivity contribution is 1.18. The molecule has 0 radical (unpaired) electrons. The first-order chi connectivity index (χ1) is 28.3. The molecule has 3 aromatic heterocycles. The maximum Gasteiger partial charge on any atom is 0.0641 e. The zero-order valence-corrected chi connectivity index (χ0v) is 31.7. The number of hydrogen-bond acceptors (Lipinski definition) is 1. The van der Waals surface area contributed by atoms with Crippen LogP contribution in [0.15, 0.2) is 206 Å². The third kappa shape index (κ3) is 4.96. The van der Waals surface area contributed by atoms with E-state index in [0.29, 0.717) is 0 Å². The van der Waals surface area contributed by atoms with Gasteiger partial charge >= 0.3 is 0 Å². The molecule has 0 spiro atoms. The fourth-order valence-electron chi connectivity index (χ4n) is 9.13. The molecule has 3 heteroatoms. The Morgan fingerprint density at radius 1 is 0.316 bits per heavy atom. The highest BCUT2D eigenvalue weighted by Gasteiger charge is 2.20. The summed E-state index contributed by atoms with van der Waals surface area (Å²) in [6.07, 6.45) is 0. The minimum Gasteiger partial charge on any atom is -0.309 e. The molecular formula is C54H34N2S. The Labute approximate surface area is 333 Å². The number of nitrogens with zero attached hydrogens (tertiary/aromatic N) is 2. The van der Waals surface area contributed by atoms with Crippen molar-refractivity contribution in [1.29, 1.82) is 0 Å². The third-order valence-electron chi connectivity index (χ3n) is 11.7. The summed E-state index contributed by atoms with van der Waals surface area (Å²) < 4.78 is 7.50. The fraction of sp³-hybridized carbons (Fsp3) is 0. The normalized spacial score (nSPS) is 11.9. The van der Waals surface area contributed by atoms with Crippen molar-refractivity contribution < 1.29 is 0 Å². The lowest BCUT2D eigenvalue weighted by Crippen LogP contribution is -1.95. The minimum absolute atomic E-state index is 1.16. The molecule has 0 fully saturated rings. The molecule has 0 bridgehead atoms. The van der Waals surface area contributed by atoms with Gasteiger partial charge in [0.15, 0.2) is 0 Å². The SMILES string of the molecule is c1ccc(-c2ccc(-n3c4ccccc4c4cc(-c5ccc6c(c5)c5ccccc5n6-c5ccc(-c6ccccc6)c6c5sc5ccccc56)ccc43)cc2)cc1. The summed E-state index contributed by atoms with van der Waals surface area (Å²) in [7, 11) is 0. The van der Waals surface area contributed by atoms with E-state index in [-0.39, 0.29) is 0 Å². The van der Waals surface area contributed by atoms with E-state index in [2.05, 4.69) is 215 Å². The van der Waals surface area contributed by atoms with Gasteiger partial charge in [-0.15, -0.1) is 11.3 Å². The van der Waals surface area contributed by atoms with Crippen LogP contribution in [0.2, 0.25) is 0 Å². The summed E-state index contributed by atoms with van der Waals surface area (Å²) in [5.41, 5.74) is 14.6. The predicted octanol–water partition coefficient (Wildman–Crippen LogP) is 15.2. The van der Waals surface area contributed by atoms with Gasteiger partial charge in [-0.1, -0.05) is 146 Å². The van der Waals surface area contributed by atoms with Crippen LogP contribution in [0.25, 0.3) is 109 Å². The molecule has 0 atom stereocenters. The largest absolute Gasteiger partial charge is 0.309 e. The fourth-order valence-corrected chi connectivity index (χ4v) is 10.4. The summed E-state index contributed by atoms with van der Waals surface area (Å²) in [5, 5.41) is 7.65. The number of hydrogen-bond donors (Lipinski definition) is 0. The van der Waals surface area contributed by atoms with E-state index in [9.17, 15) is 0 Å². The monoisotopic (exact) mass is 742 g/mol. The van der Waals surface area contributed by atoms with E-state index in [0.717, 1.165) is 5.69 Å². The summed E-state index contributed by atoms with van der Waals surface area (Å²) in [6, 6.07) is 75.5. The molecule has 12 aromatic rings. The first-order valence-electron chi connectivity index (χ1n) is 19.5. The van der Waals surface area contributed by atoms with Crippen LogP contribution in [0.4, 0.5) is 0 Å². The predicted molar refractivity (Wildman–Crippen MR) is 244 cm³/mol. The highest BCUT2D eigenvalue weighted by atomic mass is 32.1. The number of fused-ring (bicyclic) bond motifs is 9. The maximum absolute atomic E-state index is 2.49. The lowest BCUT2D eigenvalue weighted by atomic mass is 9.98. The Kier molecular flexibility index (Phi) is 7.13. The van der Waals surface area contributed by atoms with Gasteiger partial charge in [-0.3, -0.25) is 0 Å².